The number of amides is 3. The third-order valence-corrected chi connectivity index (χ3v) is 8.58. The van der Waals surface area contributed by atoms with Gasteiger partial charge in [-0.3, -0.25) is 19.4 Å². The highest BCUT2D eigenvalue weighted by atomic mass is 16.2. The van der Waals surface area contributed by atoms with Gasteiger partial charge in [-0.25, -0.2) is 0 Å². The van der Waals surface area contributed by atoms with Crippen molar-refractivity contribution < 1.29 is 14.4 Å². The van der Waals surface area contributed by atoms with Gasteiger partial charge in [-0.15, -0.1) is 0 Å². The number of fused-ring (bicyclic) bond motifs is 3. The summed E-state index contributed by atoms with van der Waals surface area (Å²) in [5, 5.41) is 3.95. The molecule has 4 atom stereocenters. The number of nitrogens with one attached hydrogen (secondary N) is 2. The Hall–Kier alpha value is -4.46. The van der Waals surface area contributed by atoms with Crippen molar-refractivity contribution in [3.63, 3.8) is 0 Å². The molecule has 2 aliphatic heterocycles. The number of piperazine rings is 1. The van der Waals surface area contributed by atoms with Crippen molar-refractivity contribution in [1.82, 2.24) is 25.1 Å². The van der Waals surface area contributed by atoms with Crippen LogP contribution >= 0.6 is 0 Å². The van der Waals surface area contributed by atoms with E-state index in [1.54, 1.807) is 18.3 Å². The summed E-state index contributed by atoms with van der Waals surface area (Å²) in [4.78, 5) is 52.1. The summed E-state index contributed by atoms with van der Waals surface area (Å²) in [7, 11) is 0. The first-order valence-corrected chi connectivity index (χ1v) is 14.1. The van der Waals surface area contributed by atoms with Gasteiger partial charge in [0.1, 0.15) is 17.4 Å². The molecular weight excluding hydrogens is 514 g/mol. The van der Waals surface area contributed by atoms with E-state index in [0.717, 1.165) is 22.0 Å². The molecule has 4 aromatic rings. The molecule has 6 rings (SSSR count). The fraction of sp³-hybridized carbons (Fsp3) is 0.333. The average molecular weight is 550 g/mol. The second-order valence-electron chi connectivity index (χ2n) is 12.3. The molecule has 8 nitrogen and oxygen atoms in total. The van der Waals surface area contributed by atoms with E-state index in [4.69, 9.17) is 0 Å². The fourth-order valence-electron chi connectivity index (χ4n) is 6.20. The molecule has 2 saturated heterocycles. The van der Waals surface area contributed by atoms with Crippen LogP contribution in [0.15, 0.2) is 79.0 Å². The Balaban J connectivity index is 1.16. The predicted octanol–water partition coefficient (Wildman–Crippen LogP) is 4.75. The molecule has 2 aliphatic rings. The average Bonchev–Trinajstić information content (AvgIpc) is 3.65. The first-order valence-electron chi connectivity index (χ1n) is 14.1. The van der Waals surface area contributed by atoms with Gasteiger partial charge in [-0.05, 0) is 29.2 Å². The zero-order valence-corrected chi connectivity index (χ0v) is 23.8. The van der Waals surface area contributed by atoms with E-state index >= 15 is 0 Å². The number of rotatable bonds is 5. The van der Waals surface area contributed by atoms with Gasteiger partial charge in [0, 0.05) is 41.7 Å². The zero-order valence-electron chi connectivity index (χ0n) is 23.8. The van der Waals surface area contributed by atoms with Crippen molar-refractivity contribution in [3.8, 4) is 11.1 Å². The van der Waals surface area contributed by atoms with Crippen LogP contribution in [0, 0.1) is 11.3 Å². The van der Waals surface area contributed by atoms with Crippen LogP contribution in [0.25, 0.3) is 22.0 Å². The lowest BCUT2D eigenvalue weighted by Gasteiger charge is -2.39. The lowest BCUT2D eigenvalue weighted by atomic mass is 9.85. The SMILES string of the molecule is CC1C2CN(C(=O)C(NC(=O)c3cc4ccccc4[nH]3)C(C)(C)C)C1CN2C(=O)c1ccc(-c2ccccc2)cn1. The van der Waals surface area contributed by atoms with Crippen LogP contribution in [0.1, 0.15) is 48.7 Å². The van der Waals surface area contributed by atoms with Crippen molar-refractivity contribution >= 4 is 28.6 Å². The van der Waals surface area contributed by atoms with Crippen LogP contribution in [-0.4, -0.2) is 68.7 Å². The number of likely N-dealkylation sites (tertiary alicyclic amines) is 2. The summed E-state index contributed by atoms with van der Waals surface area (Å²) in [6, 6.07) is 22.2. The standard InChI is InChI=1S/C33H35N5O3/c1-20-27-19-38(28(20)18-37(27)31(40)25-15-14-23(17-34-25)21-10-6-5-7-11-21)32(41)29(33(2,3)4)36-30(39)26-16-22-12-8-9-13-24(22)35-26/h5-17,20,27-29,35H,18-19H2,1-4H3,(H,36,39). The molecule has 0 saturated carbocycles. The fourth-order valence-corrected chi connectivity index (χ4v) is 6.20. The number of aromatic nitrogens is 2. The van der Waals surface area contributed by atoms with Gasteiger partial charge in [0.2, 0.25) is 5.91 Å². The van der Waals surface area contributed by atoms with E-state index in [2.05, 4.69) is 22.2 Å². The maximum absolute atomic E-state index is 14.0. The molecule has 4 unspecified atom stereocenters. The lowest BCUT2D eigenvalue weighted by Crippen LogP contribution is -2.59. The van der Waals surface area contributed by atoms with Gasteiger partial charge < -0.3 is 20.1 Å². The summed E-state index contributed by atoms with van der Waals surface area (Å²) in [6.07, 6.45) is 1.74. The number of carbonyl (C=O) groups excluding carboxylic acids is 3. The van der Waals surface area contributed by atoms with Crippen LogP contribution in [0.3, 0.4) is 0 Å². The summed E-state index contributed by atoms with van der Waals surface area (Å²) >= 11 is 0. The first-order chi connectivity index (χ1) is 19.6. The van der Waals surface area contributed by atoms with Gasteiger partial charge in [0.25, 0.3) is 11.8 Å². The molecule has 4 heterocycles. The van der Waals surface area contributed by atoms with E-state index in [0.29, 0.717) is 24.5 Å². The molecule has 0 aliphatic carbocycles. The van der Waals surface area contributed by atoms with E-state index < -0.39 is 11.5 Å². The number of hydrogen-bond donors (Lipinski definition) is 2. The summed E-state index contributed by atoms with van der Waals surface area (Å²) in [5.74, 6) is -0.417. The van der Waals surface area contributed by atoms with Crippen LogP contribution in [0.5, 0.6) is 0 Å². The van der Waals surface area contributed by atoms with Crippen molar-refractivity contribution in [1.29, 1.82) is 0 Å². The molecule has 3 amide bonds. The number of nitrogens with zero attached hydrogens (tertiary/aromatic N) is 3. The number of carbonyl (C=O) groups is 3. The number of hydrogen-bond acceptors (Lipinski definition) is 4. The van der Waals surface area contributed by atoms with Gasteiger partial charge >= 0.3 is 0 Å². The summed E-state index contributed by atoms with van der Waals surface area (Å²) in [5.41, 5.74) is 3.19. The Labute approximate surface area is 239 Å². The highest BCUT2D eigenvalue weighted by Crippen LogP contribution is 2.38. The van der Waals surface area contributed by atoms with Gasteiger partial charge in [-0.1, -0.05) is 82.3 Å². The molecule has 2 bridgehead atoms. The topological polar surface area (TPSA) is 98.4 Å². The minimum atomic E-state index is -0.718. The summed E-state index contributed by atoms with van der Waals surface area (Å²) in [6.45, 7) is 8.86. The molecular formula is C33H35N5O3. The maximum Gasteiger partial charge on any atom is 0.272 e. The van der Waals surface area contributed by atoms with Gasteiger partial charge in [0.05, 0.1) is 12.1 Å². The third-order valence-electron chi connectivity index (χ3n) is 8.58. The third kappa shape index (κ3) is 4.88. The maximum atomic E-state index is 14.0. The molecule has 2 aromatic heterocycles. The van der Waals surface area contributed by atoms with Crippen LogP contribution in [-0.2, 0) is 4.79 Å². The highest BCUT2D eigenvalue weighted by Gasteiger charge is 2.54. The number of aromatic amines is 1. The minimum absolute atomic E-state index is 0.0999. The van der Waals surface area contributed by atoms with Crippen LogP contribution in [0.2, 0.25) is 0 Å². The number of pyridine rings is 1. The zero-order chi connectivity index (χ0) is 28.9. The highest BCUT2D eigenvalue weighted by molar-refractivity contribution is 6.00. The molecule has 210 valence electrons. The predicted molar refractivity (Wildman–Crippen MR) is 158 cm³/mol. The molecule has 0 spiro atoms. The number of H-pyrrole nitrogens is 1. The minimum Gasteiger partial charge on any atom is -0.351 e. The summed E-state index contributed by atoms with van der Waals surface area (Å²) < 4.78 is 0. The molecule has 2 aromatic carbocycles. The van der Waals surface area contributed by atoms with E-state index in [1.807, 2.05) is 91.2 Å². The van der Waals surface area contributed by atoms with E-state index in [1.165, 1.54) is 0 Å². The quantitative estimate of drug-likeness (QED) is 0.376. The van der Waals surface area contributed by atoms with Crippen LogP contribution < -0.4 is 5.32 Å². The molecule has 8 heteroatoms. The largest absolute Gasteiger partial charge is 0.351 e. The molecule has 2 N–H and O–H groups in total. The Bertz CT molecular complexity index is 1570. The Morgan fingerprint density at radius 3 is 2.22 bits per heavy atom. The van der Waals surface area contributed by atoms with Crippen molar-refractivity contribution in [3.05, 3.63) is 90.4 Å². The van der Waals surface area contributed by atoms with Crippen molar-refractivity contribution in [2.45, 2.75) is 45.8 Å². The van der Waals surface area contributed by atoms with Crippen molar-refractivity contribution in [2.24, 2.45) is 11.3 Å². The van der Waals surface area contributed by atoms with Gasteiger partial charge in [0.15, 0.2) is 0 Å². The van der Waals surface area contributed by atoms with E-state index in [-0.39, 0.29) is 35.7 Å². The number of benzene rings is 2. The lowest BCUT2D eigenvalue weighted by molar-refractivity contribution is -0.138. The molecule has 2 fully saturated rings. The Morgan fingerprint density at radius 2 is 1.59 bits per heavy atom. The first kappa shape index (κ1) is 26.7. The van der Waals surface area contributed by atoms with E-state index in [9.17, 15) is 14.4 Å². The van der Waals surface area contributed by atoms with Crippen molar-refractivity contribution in [2.75, 3.05) is 13.1 Å². The second kappa shape index (κ2) is 10.2. The Morgan fingerprint density at radius 1 is 0.902 bits per heavy atom. The Kier molecular flexibility index (Phi) is 6.64. The smallest absolute Gasteiger partial charge is 0.272 e. The monoisotopic (exact) mass is 549 g/mol. The van der Waals surface area contributed by atoms with Crippen LogP contribution in [0.4, 0.5) is 0 Å². The molecule has 0 radical (unpaired) electrons. The number of para-hydroxylation sites is 1. The molecule has 41 heavy (non-hydrogen) atoms. The van der Waals surface area contributed by atoms with Gasteiger partial charge in [-0.2, -0.15) is 0 Å². The normalized spacial score (nSPS) is 20.8. The second-order valence-corrected chi connectivity index (χ2v) is 12.3.